The molecule has 4 rings (SSSR count). The number of carbonyl (C=O) groups excluding carboxylic acids is 1. The molecule has 0 saturated carbocycles. The number of thiazole rings is 1. The van der Waals surface area contributed by atoms with Crippen molar-refractivity contribution in [2.45, 2.75) is 35.1 Å². The molecule has 0 radical (unpaired) electrons. The zero-order valence-electron chi connectivity index (χ0n) is 17.0. The first-order valence-electron chi connectivity index (χ1n) is 9.90. The van der Waals surface area contributed by atoms with Crippen molar-refractivity contribution in [3.05, 3.63) is 48.0 Å². The van der Waals surface area contributed by atoms with E-state index < -0.39 is 10.0 Å². The summed E-state index contributed by atoms with van der Waals surface area (Å²) in [6.07, 6.45) is 2.16. The molecule has 1 amide bonds. The lowest BCUT2D eigenvalue weighted by Gasteiger charge is -2.09. The number of ether oxygens (including phenoxy) is 1. The Morgan fingerprint density at radius 1 is 1.26 bits per heavy atom. The molecule has 10 heteroatoms. The van der Waals surface area contributed by atoms with Gasteiger partial charge < -0.3 is 10.1 Å². The van der Waals surface area contributed by atoms with Crippen LogP contribution in [-0.2, 0) is 19.6 Å². The lowest BCUT2D eigenvalue weighted by atomic mass is 10.2. The molecule has 31 heavy (non-hydrogen) atoms. The summed E-state index contributed by atoms with van der Waals surface area (Å²) in [5.41, 5.74) is 2.24. The Hall–Kier alpha value is -2.14. The molecule has 2 heterocycles. The molecule has 3 aromatic rings. The first-order chi connectivity index (χ1) is 14.9. The van der Waals surface area contributed by atoms with Gasteiger partial charge in [0.2, 0.25) is 5.91 Å². The zero-order chi connectivity index (χ0) is 21.8. The van der Waals surface area contributed by atoms with Crippen molar-refractivity contribution in [1.29, 1.82) is 0 Å². The van der Waals surface area contributed by atoms with Gasteiger partial charge in [-0.3, -0.25) is 9.52 Å². The number of aryl methyl sites for hydroxylation is 1. The van der Waals surface area contributed by atoms with E-state index in [2.05, 4.69) is 15.0 Å². The molecular formula is C21H23N3O4S3. The molecule has 1 aromatic heterocycles. The number of nitrogens with zero attached hydrogens (tertiary/aromatic N) is 1. The fraction of sp³-hybridized carbons (Fsp3) is 0.333. The van der Waals surface area contributed by atoms with Gasteiger partial charge in [-0.2, -0.15) is 0 Å². The summed E-state index contributed by atoms with van der Waals surface area (Å²) in [5, 5.41) is 2.90. The van der Waals surface area contributed by atoms with Gasteiger partial charge in [0.25, 0.3) is 10.0 Å². The van der Waals surface area contributed by atoms with Crippen LogP contribution in [0.5, 0.6) is 0 Å². The van der Waals surface area contributed by atoms with Gasteiger partial charge in [0, 0.05) is 13.2 Å². The van der Waals surface area contributed by atoms with E-state index in [9.17, 15) is 13.2 Å². The topological polar surface area (TPSA) is 97.4 Å². The molecular weight excluding hydrogens is 454 g/mol. The molecule has 1 saturated heterocycles. The van der Waals surface area contributed by atoms with Crippen LogP contribution in [0.1, 0.15) is 18.4 Å². The van der Waals surface area contributed by atoms with Crippen LogP contribution >= 0.6 is 23.1 Å². The number of amides is 1. The third-order valence-electron chi connectivity index (χ3n) is 4.83. The average molecular weight is 478 g/mol. The normalized spacial score (nSPS) is 16.5. The summed E-state index contributed by atoms with van der Waals surface area (Å²) in [5.74, 6) is 0.228. The number of hydrogen-bond donors (Lipinski definition) is 2. The highest BCUT2D eigenvalue weighted by Crippen LogP contribution is 2.31. The van der Waals surface area contributed by atoms with Gasteiger partial charge >= 0.3 is 0 Å². The molecule has 1 atom stereocenters. The fourth-order valence-electron chi connectivity index (χ4n) is 3.17. The van der Waals surface area contributed by atoms with E-state index in [1.807, 2.05) is 6.92 Å². The number of carbonyl (C=O) groups is 1. The Balaban J connectivity index is 1.37. The minimum Gasteiger partial charge on any atom is -0.376 e. The number of rotatable bonds is 8. The smallest absolute Gasteiger partial charge is 0.261 e. The second-order valence-corrected chi connectivity index (χ2v) is 11.2. The molecule has 1 aliphatic heterocycles. The van der Waals surface area contributed by atoms with Crippen molar-refractivity contribution in [1.82, 2.24) is 10.3 Å². The van der Waals surface area contributed by atoms with Crippen molar-refractivity contribution in [2.75, 3.05) is 23.6 Å². The SMILES string of the molecule is Cc1ccc(S(=O)(=O)Nc2ccc3nc(SCC(=O)NC[C@@H]4CCCO4)sc3c2)cc1. The van der Waals surface area contributed by atoms with Gasteiger partial charge in [0.05, 0.1) is 32.7 Å². The third kappa shape index (κ3) is 5.76. The summed E-state index contributed by atoms with van der Waals surface area (Å²) < 4.78 is 35.0. The lowest BCUT2D eigenvalue weighted by molar-refractivity contribution is -0.119. The van der Waals surface area contributed by atoms with Gasteiger partial charge in [-0.25, -0.2) is 13.4 Å². The van der Waals surface area contributed by atoms with Crippen molar-refractivity contribution in [2.24, 2.45) is 0 Å². The highest BCUT2D eigenvalue weighted by molar-refractivity contribution is 8.01. The molecule has 0 bridgehead atoms. The molecule has 1 aliphatic rings. The van der Waals surface area contributed by atoms with Crippen LogP contribution in [0.15, 0.2) is 51.7 Å². The number of sulfonamides is 1. The predicted molar refractivity (Wildman–Crippen MR) is 124 cm³/mol. The summed E-state index contributed by atoms with van der Waals surface area (Å²) >= 11 is 2.80. The Bertz CT molecular complexity index is 1170. The highest BCUT2D eigenvalue weighted by Gasteiger charge is 2.17. The van der Waals surface area contributed by atoms with Crippen LogP contribution in [0.2, 0.25) is 0 Å². The molecule has 2 N–H and O–H groups in total. The summed E-state index contributed by atoms with van der Waals surface area (Å²) in [6, 6.07) is 11.9. The molecule has 7 nitrogen and oxygen atoms in total. The quantitative estimate of drug-likeness (QED) is 0.479. The van der Waals surface area contributed by atoms with Gasteiger partial charge in [0.1, 0.15) is 0 Å². The largest absolute Gasteiger partial charge is 0.376 e. The van der Waals surface area contributed by atoms with E-state index in [0.717, 1.165) is 39.6 Å². The Labute approximate surface area is 189 Å². The second kappa shape index (κ2) is 9.56. The maximum Gasteiger partial charge on any atom is 0.261 e. The zero-order valence-corrected chi connectivity index (χ0v) is 19.4. The molecule has 0 aliphatic carbocycles. The minimum atomic E-state index is -3.66. The van der Waals surface area contributed by atoms with E-state index in [1.54, 1.807) is 42.5 Å². The first kappa shape index (κ1) is 22.1. The number of aromatic nitrogens is 1. The maximum absolute atomic E-state index is 12.6. The first-order valence-corrected chi connectivity index (χ1v) is 13.2. The maximum atomic E-state index is 12.6. The van der Waals surface area contributed by atoms with Crippen LogP contribution in [-0.4, -0.2) is 44.3 Å². The van der Waals surface area contributed by atoms with Crippen molar-refractivity contribution in [3.63, 3.8) is 0 Å². The molecule has 2 aromatic carbocycles. The number of anilines is 1. The van der Waals surface area contributed by atoms with Gasteiger partial charge in [-0.05, 0) is 50.1 Å². The van der Waals surface area contributed by atoms with Crippen LogP contribution in [0.3, 0.4) is 0 Å². The number of fused-ring (bicyclic) bond motifs is 1. The van der Waals surface area contributed by atoms with Crippen molar-refractivity contribution >= 4 is 54.9 Å². The third-order valence-corrected chi connectivity index (χ3v) is 8.39. The van der Waals surface area contributed by atoms with Crippen LogP contribution in [0.4, 0.5) is 5.69 Å². The number of hydrogen-bond acceptors (Lipinski definition) is 7. The fourth-order valence-corrected chi connectivity index (χ4v) is 6.16. The molecule has 0 unspecified atom stereocenters. The second-order valence-electron chi connectivity index (χ2n) is 7.31. The summed E-state index contributed by atoms with van der Waals surface area (Å²) in [6.45, 7) is 3.22. The van der Waals surface area contributed by atoms with E-state index in [-0.39, 0.29) is 22.7 Å². The number of benzene rings is 2. The summed E-state index contributed by atoms with van der Waals surface area (Å²) in [7, 11) is -3.66. The van der Waals surface area contributed by atoms with E-state index in [1.165, 1.54) is 23.1 Å². The number of thioether (sulfide) groups is 1. The Morgan fingerprint density at radius 2 is 2.06 bits per heavy atom. The van der Waals surface area contributed by atoms with Crippen LogP contribution < -0.4 is 10.0 Å². The van der Waals surface area contributed by atoms with Gasteiger partial charge in [0.15, 0.2) is 4.34 Å². The lowest BCUT2D eigenvalue weighted by Crippen LogP contribution is -2.32. The van der Waals surface area contributed by atoms with Crippen LogP contribution in [0.25, 0.3) is 10.2 Å². The van der Waals surface area contributed by atoms with Crippen molar-refractivity contribution in [3.8, 4) is 0 Å². The Morgan fingerprint density at radius 3 is 2.81 bits per heavy atom. The molecule has 164 valence electrons. The van der Waals surface area contributed by atoms with Gasteiger partial charge in [-0.1, -0.05) is 29.5 Å². The minimum absolute atomic E-state index is 0.0497. The van der Waals surface area contributed by atoms with Crippen molar-refractivity contribution < 1.29 is 17.9 Å². The van der Waals surface area contributed by atoms with Gasteiger partial charge in [-0.15, -0.1) is 11.3 Å². The monoisotopic (exact) mass is 477 g/mol. The van der Waals surface area contributed by atoms with Crippen LogP contribution in [0, 0.1) is 6.92 Å². The standard InChI is InChI=1S/C21H23N3O4S3/c1-14-4-7-17(8-5-14)31(26,27)24-15-6-9-18-19(11-15)30-21(23-18)29-13-20(25)22-12-16-3-2-10-28-16/h4-9,11,16,24H,2-3,10,12-13H2,1H3,(H,22,25)/t16-/m0/s1. The predicted octanol–water partition coefficient (Wildman–Crippen LogP) is 3.79. The Kier molecular flexibility index (Phi) is 6.80. The molecule has 1 fully saturated rings. The summed E-state index contributed by atoms with van der Waals surface area (Å²) in [4.78, 5) is 16.8. The highest BCUT2D eigenvalue weighted by atomic mass is 32.2. The van der Waals surface area contributed by atoms with E-state index in [0.29, 0.717) is 12.2 Å². The van der Waals surface area contributed by atoms with E-state index >= 15 is 0 Å². The molecule has 0 spiro atoms. The van der Waals surface area contributed by atoms with E-state index in [4.69, 9.17) is 4.74 Å². The average Bonchev–Trinajstić information content (AvgIpc) is 3.40. The number of nitrogens with one attached hydrogen (secondary N) is 2.